The zero-order valence-corrected chi connectivity index (χ0v) is 9.73. The molecule has 0 bridgehead atoms. The predicted octanol–water partition coefficient (Wildman–Crippen LogP) is 0.589. The normalized spacial score (nSPS) is 11.3. The molecule has 0 aliphatic rings. The van der Waals surface area contributed by atoms with Gasteiger partial charge in [0.25, 0.3) is 10.0 Å². The molecule has 0 amide bonds. The minimum atomic E-state index is -3.56. The second-order valence-corrected chi connectivity index (χ2v) is 5.50. The molecule has 15 heavy (non-hydrogen) atoms. The number of thiophene rings is 1. The van der Waals surface area contributed by atoms with Gasteiger partial charge in [-0.15, -0.1) is 11.3 Å². The van der Waals surface area contributed by atoms with E-state index < -0.39 is 16.0 Å². The zero-order chi connectivity index (χ0) is 11.3. The fourth-order valence-electron chi connectivity index (χ4n) is 0.853. The predicted molar refractivity (Wildman–Crippen MR) is 56.1 cm³/mol. The third-order valence-corrected chi connectivity index (χ3v) is 4.27. The van der Waals surface area contributed by atoms with Gasteiger partial charge in [0.05, 0.1) is 6.61 Å². The Labute approximate surface area is 92.1 Å². The standard InChI is InChI=1S/C8H11NO4S2/c1-2-13-7(10)6-9-15(11,12)8-4-3-5-14-8/h3-5,9H,2,6H2,1H3. The highest BCUT2D eigenvalue weighted by Gasteiger charge is 2.16. The van der Waals surface area contributed by atoms with Crippen molar-refractivity contribution in [1.29, 1.82) is 0 Å². The highest BCUT2D eigenvalue weighted by molar-refractivity contribution is 7.91. The molecule has 0 aromatic carbocycles. The summed E-state index contributed by atoms with van der Waals surface area (Å²) in [5.41, 5.74) is 0. The van der Waals surface area contributed by atoms with Crippen LogP contribution in [0.15, 0.2) is 21.7 Å². The Balaban J connectivity index is 2.55. The third kappa shape index (κ3) is 3.61. The monoisotopic (exact) mass is 249 g/mol. The van der Waals surface area contributed by atoms with E-state index in [-0.39, 0.29) is 17.4 Å². The largest absolute Gasteiger partial charge is 0.465 e. The van der Waals surface area contributed by atoms with E-state index in [9.17, 15) is 13.2 Å². The van der Waals surface area contributed by atoms with Crippen LogP contribution in [0, 0.1) is 0 Å². The summed E-state index contributed by atoms with van der Waals surface area (Å²) in [6, 6.07) is 3.10. The van der Waals surface area contributed by atoms with Gasteiger partial charge in [-0.25, -0.2) is 8.42 Å². The molecule has 0 atom stereocenters. The number of hydrogen-bond donors (Lipinski definition) is 1. The van der Waals surface area contributed by atoms with Gasteiger partial charge in [0.2, 0.25) is 0 Å². The first-order valence-electron chi connectivity index (χ1n) is 4.25. The molecule has 1 rings (SSSR count). The van der Waals surface area contributed by atoms with Crippen LogP contribution in [0.3, 0.4) is 0 Å². The summed E-state index contributed by atoms with van der Waals surface area (Å²) in [4.78, 5) is 10.9. The smallest absolute Gasteiger partial charge is 0.321 e. The summed E-state index contributed by atoms with van der Waals surface area (Å²) in [6.07, 6.45) is 0. The Morgan fingerprint density at radius 3 is 2.87 bits per heavy atom. The van der Waals surface area contributed by atoms with E-state index in [0.717, 1.165) is 11.3 Å². The van der Waals surface area contributed by atoms with Crippen molar-refractivity contribution in [3.8, 4) is 0 Å². The summed E-state index contributed by atoms with van der Waals surface area (Å²) in [6.45, 7) is 1.55. The second-order valence-electron chi connectivity index (χ2n) is 2.56. The molecule has 0 unspecified atom stereocenters. The minimum Gasteiger partial charge on any atom is -0.465 e. The summed E-state index contributed by atoms with van der Waals surface area (Å²) in [5, 5.41) is 1.65. The molecular weight excluding hydrogens is 238 g/mol. The molecule has 0 aliphatic heterocycles. The molecule has 0 saturated carbocycles. The van der Waals surface area contributed by atoms with Gasteiger partial charge in [-0.1, -0.05) is 6.07 Å². The Morgan fingerprint density at radius 1 is 1.60 bits per heavy atom. The van der Waals surface area contributed by atoms with Crippen molar-refractivity contribution in [2.75, 3.05) is 13.2 Å². The lowest BCUT2D eigenvalue weighted by atomic mass is 10.7. The van der Waals surface area contributed by atoms with Crippen molar-refractivity contribution < 1.29 is 17.9 Å². The topological polar surface area (TPSA) is 72.5 Å². The fraction of sp³-hybridized carbons (Fsp3) is 0.375. The van der Waals surface area contributed by atoms with Crippen LogP contribution in [0.1, 0.15) is 6.92 Å². The van der Waals surface area contributed by atoms with Crippen LogP contribution >= 0.6 is 11.3 Å². The third-order valence-electron chi connectivity index (χ3n) is 1.47. The lowest BCUT2D eigenvalue weighted by Crippen LogP contribution is -2.30. The Morgan fingerprint density at radius 2 is 2.33 bits per heavy atom. The van der Waals surface area contributed by atoms with Crippen LogP contribution in [-0.4, -0.2) is 27.5 Å². The number of rotatable bonds is 5. The Kier molecular flexibility index (Phi) is 4.25. The number of carbonyl (C=O) groups excluding carboxylic acids is 1. The fourth-order valence-corrected chi connectivity index (χ4v) is 2.86. The molecule has 0 fully saturated rings. The number of nitrogens with one attached hydrogen (secondary N) is 1. The summed E-state index contributed by atoms with van der Waals surface area (Å²) < 4.78 is 29.9. The number of sulfonamides is 1. The van der Waals surface area contributed by atoms with E-state index in [1.165, 1.54) is 6.07 Å². The van der Waals surface area contributed by atoms with Crippen LogP contribution in [0.4, 0.5) is 0 Å². The summed E-state index contributed by atoms with van der Waals surface area (Å²) in [5.74, 6) is -0.586. The molecular formula is C8H11NO4S2. The van der Waals surface area contributed by atoms with Crippen molar-refractivity contribution in [1.82, 2.24) is 4.72 Å². The van der Waals surface area contributed by atoms with Crippen molar-refractivity contribution in [3.63, 3.8) is 0 Å². The van der Waals surface area contributed by atoms with Gasteiger partial charge in [-0.2, -0.15) is 4.72 Å². The van der Waals surface area contributed by atoms with Crippen LogP contribution in [0.25, 0.3) is 0 Å². The number of hydrogen-bond acceptors (Lipinski definition) is 5. The molecule has 0 spiro atoms. The maximum absolute atomic E-state index is 11.5. The molecule has 0 saturated heterocycles. The van der Waals surface area contributed by atoms with Crippen molar-refractivity contribution in [2.24, 2.45) is 0 Å². The van der Waals surface area contributed by atoms with E-state index in [1.807, 2.05) is 0 Å². The SMILES string of the molecule is CCOC(=O)CNS(=O)(=O)c1cccs1. The zero-order valence-electron chi connectivity index (χ0n) is 8.10. The van der Waals surface area contributed by atoms with Gasteiger partial charge < -0.3 is 4.74 Å². The van der Waals surface area contributed by atoms with Crippen LogP contribution in [0.2, 0.25) is 0 Å². The van der Waals surface area contributed by atoms with E-state index in [0.29, 0.717) is 0 Å². The first kappa shape index (κ1) is 12.2. The van der Waals surface area contributed by atoms with Crippen LogP contribution in [-0.2, 0) is 19.6 Å². The molecule has 7 heteroatoms. The van der Waals surface area contributed by atoms with Gasteiger partial charge in [0, 0.05) is 0 Å². The molecule has 1 heterocycles. The molecule has 0 aliphatic carbocycles. The molecule has 5 nitrogen and oxygen atoms in total. The molecule has 0 radical (unpaired) electrons. The maximum Gasteiger partial charge on any atom is 0.321 e. The Bertz CT molecular complexity index is 410. The molecule has 1 N–H and O–H groups in total. The maximum atomic E-state index is 11.5. The van der Waals surface area contributed by atoms with Crippen molar-refractivity contribution in [3.05, 3.63) is 17.5 Å². The highest BCUT2D eigenvalue weighted by Crippen LogP contribution is 2.14. The van der Waals surface area contributed by atoms with Gasteiger partial charge in [0.1, 0.15) is 10.8 Å². The van der Waals surface area contributed by atoms with E-state index >= 15 is 0 Å². The number of ether oxygens (including phenoxy) is 1. The number of esters is 1. The number of carbonyl (C=O) groups is 1. The summed E-state index contributed by atoms with van der Waals surface area (Å²) >= 11 is 1.09. The lowest BCUT2D eigenvalue weighted by molar-refractivity contribution is -0.141. The van der Waals surface area contributed by atoms with Gasteiger partial charge in [-0.05, 0) is 18.4 Å². The van der Waals surface area contributed by atoms with Crippen LogP contribution < -0.4 is 4.72 Å². The molecule has 84 valence electrons. The van der Waals surface area contributed by atoms with E-state index in [2.05, 4.69) is 9.46 Å². The van der Waals surface area contributed by atoms with Crippen molar-refractivity contribution >= 4 is 27.3 Å². The minimum absolute atomic E-state index is 0.187. The Hall–Kier alpha value is -0.920. The quantitative estimate of drug-likeness (QED) is 0.775. The highest BCUT2D eigenvalue weighted by atomic mass is 32.2. The first-order chi connectivity index (χ1) is 7.06. The summed E-state index contributed by atoms with van der Waals surface area (Å²) in [7, 11) is -3.56. The van der Waals surface area contributed by atoms with E-state index in [4.69, 9.17) is 0 Å². The van der Waals surface area contributed by atoms with Crippen molar-refractivity contribution in [2.45, 2.75) is 11.1 Å². The van der Waals surface area contributed by atoms with Gasteiger partial charge in [-0.3, -0.25) is 4.79 Å². The second kappa shape index (κ2) is 5.24. The molecule has 1 aromatic rings. The first-order valence-corrected chi connectivity index (χ1v) is 6.61. The van der Waals surface area contributed by atoms with Crippen LogP contribution in [0.5, 0.6) is 0 Å². The van der Waals surface area contributed by atoms with E-state index in [1.54, 1.807) is 18.4 Å². The average Bonchev–Trinajstić information content (AvgIpc) is 2.69. The van der Waals surface area contributed by atoms with Gasteiger partial charge in [0.15, 0.2) is 0 Å². The van der Waals surface area contributed by atoms with Gasteiger partial charge >= 0.3 is 5.97 Å². The average molecular weight is 249 g/mol. The lowest BCUT2D eigenvalue weighted by Gasteiger charge is -2.03. The molecule has 1 aromatic heterocycles.